The fraction of sp³-hybridized carbons (Fsp3) is 0.486. The normalized spacial score (nSPS) is 20.2. The summed E-state index contributed by atoms with van der Waals surface area (Å²) in [5, 5.41) is 12.1. The number of amides is 2. The first-order chi connectivity index (χ1) is 23.8. The van der Waals surface area contributed by atoms with Crippen molar-refractivity contribution in [2.45, 2.75) is 77.5 Å². The van der Waals surface area contributed by atoms with Gasteiger partial charge in [0.1, 0.15) is 33.9 Å². The van der Waals surface area contributed by atoms with E-state index in [2.05, 4.69) is 26.9 Å². The van der Waals surface area contributed by atoms with E-state index in [1.807, 2.05) is 38.1 Å². The number of pyridine rings is 1. The zero-order valence-corrected chi connectivity index (χ0v) is 30.0. The van der Waals surface area contributed by atoms with E-state index in [1.54, 1.807) is 31.7 Å². The number of hydrogen-bond acceptors (Lipinski definition) is 10. The standard InChI is InChI=1S/C30H31FN6O5.C5H11N.C2H6/c1-29(2,3)42-28(40)37-17-9-10-30(37,26(32)39)15-36(14-17)25-21-13-33-23(22(31)24(21)34-27(35-25)41-4)20-12-18(38)11-16-7-5-6-8-19(16)20;1-6-4-2-3-5-6;1-2/h5-8,11-13,17,38H,9-10,14-15H2,1-4H3,(H2,32,39);2-5H2,1H3;1-2H3. The molecule has 0 aliphatic carbocycles. The molecule has 3 fully saturated rings. The largest absolute Gasteiger partial charge is 0.508 e. The van der Waals surface area contributed by atoms with Crippen LogP contribution in [0.15, 0.2) is 42.6 Å². The van der Waals surface area contributed by atoms with E-state index in [1.165, 1.54) is 50.2 Å². The van der Waals surface area contributed by atoms with Crippen molar-refractivity contribution >= 4 is 39.5 Å². The molecular weight excluding hydrogens is 641 g/mol. The summed E-state index contributed by atoms with van der Waals surface area (Å²) in [4.78, 5) is 45.1. The summed E-state index contributed by atoms with van der Waals surface area (Å²) in [6.07, 6.45) is 4.57. The summed E-state index contributed by atoms with van der Waals surface area (Å²) >= 11 is 0. The van der Waals surface area contributed by atoms with E-state index in [0.29, 0.717) is 41.5 Å². The number of anilines is 1. The maximum atomic E-state index is 16.3. The van der Waals surface area contributed by atoms with Crippen molar-refractivity contribution in [3.8, 4) is 23.0 Å². The Morgan fingerprint density at radius 2 is 1.78 bits per heavy atom. The number of primary amides is 1. The second-order valence-electron chi connectivity index (χ2n) is 13.8. The Morgan fingerprint density at radius 1 is 1.08 bits per heavy atom. The number of aromatic hydroxyl groups is 1. The van der Waals surface area contributed by atoms with E-state index in [4.69, 9.17) is 15.2 Å². The van der Waals surface area contributed by atoms with Crippen molar-refractivity contribution in [3.63, 3.8) is 0 Å². The number of fused-ring (bicyclic) bond motifs is 4. The molecule has 0 radical (unpaired) electrons. The molecule has 12 nitrogen and oxygen atoms in total. The van der Waals surface area contributed by atoms with E-state index in [-0.39, 0.29) is 29.5 Å². The zero-order valence-electron chi connectivity index (χ0n) is 30.0. The number of carbonyl (C=O) groups excluding carboxylic acids is 2. The first kappa shape index (κ1) is 36.5. The van der Waals surface area contributed by atoms with Crippen molar-refractivity contribution in [3.05, 3.63) is 48.4 Å². The molecule has 2 atom stereocenters. The van der Waals surface area contributed by atoms with Gasteiger partial charge in [-0.1, -0.05) is 38.1 Å². The summed E-state index contributed by atoms with van der Waals surface area (Å²) in [6, 6.07) is 9.88. The number of hydrogen-bond donors (Lipinski definition) is 2. The number of nitrogens with two attached hydrogens (primary N) is 1. The summed E-state index contributed by atoms with van der Waals surface area (Å²) in [7, 11) is 3.55. The van der Waals surface area contributed by atoms with Crippen molar-refractivity contribution in [2.75, 3.05) is 45.2 Å². The van der Waals surface area contributed by atoms with Gasteiger partial charge in [-0.2, -0.15) is 9.97 Å². The van der Waals surface area contributed by atoms with Crippen LogP contribution in [0.25, 0.3) is 32.9 Å². The predicted molar refractivity (Wildman–Crippen MR) is 192 cm³/mol. The highest BCUT2D eigenvalue weighted by Crippen LogP contribution is 2.43. The molecule has 0 saturated carbocycles. The van der Waals surface area contributed by atoms with E-state index in [9.17, 15) is 14.7 Å². The lowest BCUT2D eigenvalue weighted by atomic mass is 9.94. The van der Waals surface area contributed by atoms with E-state index >= 15 is 4.39 Å². The van der Waals surface area contributed by atoms with Crippen molar-refractivity contribution in [1.29, 1.82) is 0 Å². The second-order valence-corrected chi connectivity index (χ2v) is 13.8. The summed E-state index contributed by atoms with van der Waals surface area (Å²) in [5.74, 6) is -1.10. The molecule has 5 heterocycles. The van der Waals surface area contributed by atoms with Crippen LogP contribution in [0, 0.1) is 5.82 Å². The van der Waals surface area contributed by atoms with Crippen LogP contribution in [-0.2, 0) is 9.53 Å². The number of rotatable bonds is 4. The molecule has 3 saturated heterocycles. The highest BCUT2D eigenvalue weighted by molar-refractivity contribution is 6.00. The first-order valence-corrected chi connectivity index (χ1v) is 17.2. The molecule has 2 aromatic carbocycles. The Morgan fingerprint density at radius 3 is 2.40 bits per heavy atom. The minimum atomic E-state index is -1.35. The first-order valence-electron chi connectivity index (χ1n) is 17.2. The Hall–Kier alpha value is -4.78. The van der Waals surface area contributed by atoms with Crippen LogP contribution in [0.1, 0.15) is 60.3 Å². The van der Waals surface area contributed by atoms with Gasteiger partial charge in [0.15, 0.2) is 5.82 Å². The fourth-order valence-electron chi connectivity index (χ4n) is 6.99. The number of nitrogens with zero attached hydrogens (tertiary/aromatic N) is 6. The van der Waals surface area contributed by atoms with Gasteiger partial charge < -0.3 is 30.1 Å². The third-order valence-corrected chi connectivity index (χ3v) is 9.21. The molecule has 7 rings (SSSR count). The number of halogens is 1. The van der Waals surface area contributed by atoms with Crippen molar-refractivity contribution < 1.29 is 28.6 Å². The molecule has 13 heteroatoms. The number of benzene rings is 2. The Kier molecular flexibility index (Phi) is 10.7. The molecule has 3 N–H and O–H groups in total. The Bertz CT molecular complexity index is 1880. The van der Waals surface area contributed by atoms with Gasteiger partial charge in [-0.25, -0.2) is 9.18 Å². The highest BCUT2D eigenvalue weighted by Gasteiger charge is 2.58. The lowest BCUT2D eigenvalue weighted by Crippen LogP contribution is -2.69. The number of phenolic OH excluding ortho intramolecular Hbond substituents is 1. The Labute approximate surface area is 292 Å². The van der Waals surface area contributed by atoms with Crippen LogP contribution < -0.4 is 15.4 Å². The molecule has 0 spiro atoms. The zero-order chi connectivity index (χ0) is 36.4. The molecule has 2 aromatic heterocycles. The van der Waals surface area contributed by atoms with Gasteiger partial charge in [-0.3, -0.25) is 14.7 Å². The van der Waals surface area contributed by atoms with Crippen LogP contribution in [0.3, 0.4) is 0 Å². The van der Waals surface area contributed by atoms with Gasteiger partial charge in [0.2, 0.25) is 5.91 Å². The van der Waals surface area contributed by atoms with Gasteiger partial charge in [0.05, 0.1) is 25.1 Å². The quantitative estimate of drug-likeness (QED) is 0.266. The SMILES string of the molecule is CC.CN1CCCC1.COc1nc(N2CC3CCC(C(N)=O)(C2)N3C(=O)OC(C)(C)C)c2cnc(-c3cc(O)cc4ccccc34)c(F)c2n1. The summed E-state index contributed by atoms with van der Waals surface area (Å²) < 4.78 is 27.3. The van der Waals surface area contributed by atoms with E-state index < -0.39 is 35.0 Å². The smallest absolute Gasteiger partial charge is 0.411 e. The Balaban J connectivity index is 0.000000543. The minimum absolute atomic E-state index is 0.00437. The molecule has 2 unspecified atom stereocenters. The van der Waals surface area contributed by atoms with Crippen LogP contribution in [-0.4, -0.2) is 99.4 Å². The number of ether oxygens (including phenoxy) is 2. The molecule has 3 aliphatic heterocycles. The maximum Gasteiger partial charge on any atom is 0.411 e. The monoisotopic (exact) mass is 689 g/mol. The average molecular weight is 690 g/mol. The molecular formula is C37H48FN7O5. The maximum absolute atomic E-state index is 16.3. The third kappa shape index (κ3) is 7.09. The molecule has 2 amide bonds. The molecule has 268 valence electrons. The van der Waals surface area contributed by atoms with E-state index in [0.717, 1.165) is 5.39 Å². The fourth-order valence-corrected chi connectivity index (χ4v) is 6.99. The van der Waals surface area contributed by atoms with Crippen LogP contribution in [0.4, 0.5) is 15.0 Å². The molecule has 50 heavy (non-hydrogen) atoms. The van der Waals surface area contributed by atoms with Crippen LogP contribution in [0.5, 0.6) is 11.8 Å². The lowest BCUT2D eigenvalue weighted by molar-refractivity contribution is -0.129. The third-order valence-electron chi connectivity index (χ3n) is 9.21. The lowest BCUT2D eigenvalue weighted by Gasteiger charge is -2.47. The number of carbonyl (C=O) groups is 2. The molecule has 3 aliphatic rings. The van der Waals surface area contributed by atoms with Crippen LogP contribution >= 0.6 is 0 Å². The number of phenols is 1. The van der Waals surface area contributed by atoms with Crippen molar-refractivity contribution in [2.24, 2.45) is 5.73 Å². The summed E-state index contributed by atoms with van der Waals surface area (Å²) in [5.41, 5.74) is 4.21. The molecule has 2 bridgehead atoms. The van der Waals surface area contributed by atoms with Gasteiger partial charge in [0.25, 0.3) is 0 Å². The van der Waals surface area contributed by atoms with Gasteiger partial charge >= 0.3 is 12.1 Å². The number of methoxy groups -OCH3 is 1. The van der Waals surface area contributed by atoms with Crippen molar-refractivity contribution in [1.82, 2.24) is 24.8 Å². The predicted octanol–water partition coefficient (Wildman–Crippen LogP) is 5.88. The summed E-state index contributed by atoms with van der Waals surface area (Å²) in [6.45, 7) is 12.2. The average Bonchev–Trinajstić information content (AvgIpc) is 3.66. The minimum Gasteiger partial charge on any atom is -0.508 e. The number of likely N-dealkylation sites (tertiary alicyclic amines) is 1. The number of aromatic nitrogens is 3. The number of piperazine rings is 1. The topological polar surface area (TPSA) is 147 Å². The highest BCUT2D eigenvalue weighted by atomic mass is 19.1. The molecule has 4 aromatic rings. The van der Waals surface area contributed by atoms with Gasteiger partial charge in [-0.15, -0.1) is 0 Å². The second kappa shape index (κ2) is 14.6. The van der Waals surface area contributed by atoms with Gasteiger partial charge in [0, 0.05) is 18.3 Å². The van der Waals surface area contributed by atoms with Gasteiger partial charge in [-0.05, 0) is 89.5 Å². The van der Waals surface area contributed by atoms with Crippen LogP contribution in [0.2, 0.25) is 0 Å².